The number of sulfonamides is 1. The first kappa shape index (κ1) is 22.6. The fourth-order valence-electron chi connectivity index (χ4n) is 2.80. The number of carbonyl (C=O) groups excluding carboxylic acids is 2. The van der Waals surface area contributed by atoms with E-state index in [0.717, 1.165) is 0 Å². The van der Waals surface area contributed by atoms with Gasteiger partial charge in [0, 0.05) is 22.6 Å². The molecule has 0 atom stereocenters. The third-order valence-electron chi connectivity index (χ3n) is 4.23. The predicted octanol–water partition coefficient (Wildman–Crippen LogP) is 3.63. The highest BCUT2D eigenvalue weighted by molar-refractivity contribution is 7.92. The van der Waals surface area contributed by atoms with E-state index < -0.39 is 22.0 Å². The molecule has 0 unspecified atom stereocenters. The summed E-state index contributed by atoms with van der Waals surface area (Å²) >= 11 is 0. The van der Waals surface area contributed by atoms with Gasteiger partial charge in [-0.3, -0.25) is 9.52 Å². The van der Waals surface area contributed by atoms with Crippen molar-refractivity contribution in [3.63, 3.8) is 0 Å². The zero-order valence-corrected chi connectivity index (χ0v) is 18.0. The summed E-state index contributed by atoms with van der Waals surface area (Å²) < 4.78 is 33.1. The van der Waals surface area contributed by atoms with Gasteiger partial charge >= 0.3 is 6.03 Å². The van der Waals surface area contributed by atoms with Crippen molar-refractivity contribution < 1.29 is 22.7 Å². The number of carbonyl (C=O) groups is 2. The average Bonchev–Trinajstić information content (AvgIpc) is 2.75. The third-order valence-corrected chi connectivity index (χ3v) is 5.63. The molecule has 0 saturated heterocycles. The highest BCUT2D eigenvalue weighted by atomic mass is 32.2. The lowest BCUT2D eigenvalue weighted by molar-refractivity contribution is 0.102. The average molecular weight is 455 g/mol. The zero-order valence-electron chi connectivity index (χ0n) is 17.2. The van der Waals surface area contributed by atoms with E-state index in [1.807, 2.05) is 6.92 Å². The fraction of sp³-hybridized carbons (Fsp3) is 0.0909. The Morgan fingerprint density at radius 1 is 0.875 bits per heavy atom. The Labute approximate surface area is 185 Å². The number of hydrogen-bond donors (Lipinski definition) is 4. The van der Waals surface area contributed by atoms with E-state index in [1.165, 1.54) is 18.2 Å². The van der Waals surface area contributed by atoms with Crippen molar-refractivity contribution in [2.75, 3.05) is 22.0 Å². The number of nitrogens with two attached hydrogens (primary N) is 1. The van der Waals surface area contributed by atoms with Crippen molar-refractivity contribution in [3.8, 4) is 5.75 Å². The van der Waals surface area contributed by atoms with Crippen molar-refractivity contribution in [3.05, 3.63) is 78.4 Å². The van der Waals surface area contributed by atoms with Crippen LogP contribution in [0.1, 0.15) is 17.3 Å². The van der Waals surface area contributed by atoms with E-state index in [4.69, 9.17) is 10.5 Å². The van der Waals surface area contributed by atoms with Crippen molar-refractivity contribution in [1.82, 2.24) is 0 Å². The van der Waals surface area contributed by atoms with Crippen molar-refractivity contribution >= 4 is 39.0 Å². The van der Waals surface area contributed by atoms with Gasteiger partial charge in [-0.05, 0) is 73.7 Å². The highest BCUT2D eigenvalue weighted by Gasteiger charge is 2.15. The molecule has 0 bridgehead atoms. The SMILES string of the molecule is CCOc1ccc(S(=O)(=O)Nc2cccc(C(=O)Nc3ccc(NC(N)=O)cc3)c2)cc1. The van der Waals surface area contributed by atoms with Crippen LogP contribution in [0.4, 0.5) is 21.9 Å². The van der Waals surface area contributed by atoms with Gasteiger partial charge < -0.3 is 21.1 Å². The van der Waals surface area contributed by atoms with Gasteiger partial charge in [0.05, 0.1) is 11.5 Å². The van der Waals surface area contributed by atoms with Gasteiger partial charge in [-0.1, -0.05) is 6.07 Å². The highest BCUT2D eigenvalue weighted by Crippen LogP contribution is 2.21. The minimum absolute atomic E-state index is 0.0699. The topological polar surface area (TPSA) is 140 Å². The van der Waals surface area contributed by atoms with Gasteiger partial charge in [0.25, 0.3) is 15.9 Å². The molecule has 3 amide bonds. The smallest absolute Gasteiger partial charge is 0.316 e. The van der Waals surface area contributed by atoms with Crippen LogP contribution in [0.2, 0.25) is 0 Å². The summed E-state index contributed by atoms with van der Waals surface area (Å²) in [6, 6.07) is 17.8. The van der Waals surface area contributed by atoms with Gasteiger partial charge in [-0.15, -0.1) is 0 Å². The molecule has 0 aliphatic carbocycles. The molecule has 10 heteroatoms. The number of amides is 3. The number of anilines is 3. The lowest BCUT2D eigenvalue weighted by Gasteiger charge is -2.11. The molecule has 9 nitrogen and oxygen atoms in total. The first-order chi connectivity index (χ1) is 15.3. The molecule has 3 aromatic rings. The summed E-state index contributed by atoms with van der Waals surface area (Å²) in [6.45, 7) is 2.32. The molecular formula is C22H22N4O5S. The predicted molar refractivity (Wildman–Crippen MR) is 122 cm³/mol. The van der Waals surface area contributed by atoms with Gasteiger partial charge in [0.15, 0.2) is 0 Å². The van der Waals surface area contributed by atoms with E-state index in [9.17, 15) is 18.0 Å². The molecule has 32 heavy (non-hydrogen) atoms. The zero-order chi connectivity index (χ0) is 23.1. The number of urea groups is 1. The molecule has 5 N–H and O–H groups in total. The molecule has 0 aromatic heterocycles. The quantitative estimate of drug-likeness (QED) is 0.411. The number of primary amides is 1. The normalized spacial score (nSPS) is 10.8. The minimum atomic E-state index is -3.84. The summed E-state index contributed by atoms with van der Waals surface area (Å²) in [5, 5.41) is 5.13. The molecule has 166 valence electrons. The molecule has 3 aromatic carbocycles. The second kappa shape index (κ2) is 9.84. The van der Waals surface area contributed by atoms with Gasteiger partial charge in [-0.25, -0.2) is 13.2 Å². The van der Waals surface area contributed by atoms with Crippen LogP contribution in [-0.4, -0.2) is 27.0 Å². The van der Waals surface area contributed by atoms with Crippen LogP contribution in [0.5, 0.6) is 5.75 Å². The number of hydrogen-bond acceptors (Lipinski definition) is 5. The molecule has 3 rings (SSSR count). The van der Waals surface area contributed by atoms with Crippen LogP contribution in [0, 0.1) is 0 Å². The monoisotopic (exact) mass is 454 g/mol. The van der Waals surface area contributed by atoms with Crippen LogP contribution in [0.3, 0.4) is 0 Å². The van der Waals surface area contributed by atoms with Crippen LogP contribution in [0.15, 0.2) is 77.7 Å². The van der Waals surface area contributed by atoms with E-state index in [-0.39, 0.29) is 16.1 Å². The first-order valence-corrected chi connectivity index (χ1v) is 11.1. The standard InChI is InChI=1S/C22H22N4O5S/c1-2-31-19-10-12-20(13-11-19)32(29,30)26-18-5-3-4-15(14-18)21(27)24-16-6-8-17(9-7-16)25-22(23)28/h3-14,26H,2H2,1H3,(H,24,27)(H3,23,25,28). The Kier molecular flexibility index (Phi) is 6.96. The molecule has 0 aliphatic rings. The number of nitrogens with one attached hydrogen (secondary N) is 3. The Hall–Kier alpha value is -4.05. The van der Waals surface area contributed by atoms with Gasteiger partial charge in [0.1, 0.15) is 5.75 Å². The van der Waals surface area contributed by atoms with Crippen LogP contribution in [0.25, 0.3) is 0 Å². The maximum Gasteiger partial charge on any atom is 0.316 e. The van der Waals surface area contributed by atoms with Crippen molar-refractivity contribution in [2.24, 2.45) is 5.73 Å². The molecule has 0 heterocycles. The van der Waals surface area contributed by atoms with E-state index >= 15 is 0 Å². The molecule has 0 fully saturated rings. The molecule has 0 spiro atoms. The number of benzene rings is 3. The largest absolute Gasteiger partial charge is 0.494 e. The second-order valence-electron chi connectivity index (χ2n) is 6.61. The first-order valence-electron chi connectivity index (χ1n) is 9.60. The van der Waals surface area contributed by atoms with Crippen molar-refractivity contribution in [2.45, 2.75) is 11.8 Å². The van der Waals surface area contributed by atoms with Crippen LogP contribution >= 0.6 is 0 Å². The fourth-order valence-corrected chi connectivity index (χ4v) is 3.85. The van der Waals surface area contributed by atoms with Crippen LogP contribution < -0.4 is 25.8 Å². The Morgan fingerprint density at radius 3 is 2.09 bits per heavy atom. The summed E-state index contributed by atoms with van der Waals surface area (Å²) in [6.07, 6.45) is 0. The lowest BCUT2D eigenvalue weighted by atomic mass is 10.2. The van der Waals surface area contributed by atoms with Crippen molar-refractivity contribution in [1.29, 1.82) is 0 Å². The van der Waals surface area contributed by atoms with E-state index in [2.05, 4.69) is 15.4 Å². The maximum atomic E-state index is 12.7. The molecule has 0 saturated carbocycles. The summed E-state index contributed by atoms with van der Waals surface area (Å²) in [4.78, 5) is 23.5. The van der Waals surface area contributed by atoms with E-state index in [1.54, 1.807) is 54.6 Å². The Bertz CT molecular complexity index is 1210. The second-order valence-corrected chi connectivity index (χ2v) is 8.29. The minimum Gasteiger partial charge on any atom is -0.494 e. The van der Waals surface area contributed by atoms with E-state index in [0.29, 0.717) is 23.7 Å². The summed E-state index contributed by atoms with van der Waals surface area (Å²) in [7, 11) is -3.84. The van der Waals surface area contributed by atoms with Gasteiger partial charge in [-0.2, -0.15) is 0 Å². The Balaban J connectivity index is 1.70. The number of rotatable bonds is 8. The third kappa shape index (κ3) is 5.99. The maximum absolute atomic E-state index is 12.7. The summed E-state index contributed by atoms with van der Waals surface area (Å²) in [5.41, 5.74) is 6.54. The van der Waals surface area contributed by atoms with Crippen LogP contribution in [-0.2, 0) is 10.0 Å². The van der Waals surface area contributed by atoms with Gasteiger partial charge in [0.2, 0.25) is 0 Å². The Morgan fingerprint density at radius 2 is 1.50 bits per heavy atom. The lowest BCUT2D eigenvalue weighted by Crippen LogP contribution is -2.19. The number of ether oxygens (including phenoxy) is 1. The molecular weight excluding hydrogens is 432 g/mol. The summed E-state index contributed by atoms with van der Waals surface area (Å²) in [5.74, 6) is 0.145. The molecule has 0 radical (unpaired) electrons. The molecule has 0 aliphatic heterocycles.